The molecular weight excluding hydrogens is 410 g/mol. The third-order valence-corrected chi connectivity index (χ3v) is 8.10. The van der Waals surface area contributed by atoms with Crippen LogP contribution >= 0.6 is 17.0 Å². The number of hydrogen-bond donors (Lipinski definition) is 1. The fraction of sp³-hybridized carbons (Fsp3) is 0.667. The lowest BCUT2D eigenvalue weighted by molar-refractivity contribution is -0.950. The topological polar surface area (TPSA) is 69.6 Å². The van der Waals surface area contributed by atoms with Gasteiger partial charge in [-0.3, -0.25) is 4.79 Å². The van der Waals surface area contributed by atoms with Crippen LogP contribution in [0.1, 0.15) is 46.0 Å². The van der Waals surface area contributed by atoms with Crippen molar-refractivity contribution in [2.24, 2.45) is 5.92 Å². The summed E-state index contributed by atoms with van der Waals surface area (Å²) in [5, 5.41) is 24.9. The van der Waals surface area contributed by atoms with Gasteiger partial charge in [-0.15, -0.1) is 17.0 Å². The fourth-order valence-electron chi connectivity index (χ4n) is 6.77. The lowest BCUT2D eigenvalue weighted by atomic mass is 9.48. The van der Waals surface area contributed by atoms with Crippen molar-refractivity contribution in [3.8, 4) is 11.5 Å². The molecule has 1 saturated heterocycles. The molecule has 2 heterocycles. The molecule has 1 aromatic rings. The van der Waals surface area contributed by atoms with E-state index in [1.807, 2.05) is 0 Å². The van der Waals surface area contributed by atoms with E-state index in [2.05, 4.69) is 7.05 Å². The molecule has 0 radical (unpaired) electrons. The molecule has 146 valence electrons. The lowest BCUT2D eigenvalue weighted by Crippen LogP contribution is -2.80. The van der Waals surface area contributed by atoms with Crippen molar-refractivity contribution in [2.45, 2.75) is 61.7 Å². The number of halogens is 1. The van der Waals surface area contributed by atoms with E-state index < -0.39 is 22.9 Å². The largest absolute Gasteiger partial charge is 0.870 e. The van der Waals surface area contributed by atoms with Crippen LogP contribution in [0, 0.1) is 5.92 Å². The molecule has 0 aromatic heterocycles. The average molecular weight is 438 g/mol. The Hall–Kier alpha value is -1.11. The summed E-state index contributed by atoms with van der Waals surface area (Å²) in [5.41, 5.74) is -0.798. The van der Waals surface area contributed by atoms with Crippen molar-refractivity contribution in [3.63, 3.8) is 0 Å². The predicted octanol–water partition coefficient (Wildman–Crippen LogP) is 1.62. The molecule has 5 atom stereocenters. The van der Waals surface area contributed by atoms with E-state index in [-0.39, 0.29) is 53.1 Å². The number of piperidine rings is 1. The molecule has 1 aromatic carbocycles. The molecule has 6 heteroatoms. The molecule has 2 aliphatic heterocycles. The Morgan fingerprint density at radius 3 is 2.93 bits per heavy atom. The van der Waals surface area contributed by atoms with Crippen LogP contribution in [0.2, 0.25) is 0 Å². The minimum absolute atomic E-state index is 0. The number of carbonyl (C=O) groups is 1. The molecule has 5 aliphatic rings. The first-order chi connectivity index (χ1) is 13.2. The van der Waals surface area contributed by atoms with Crippen molar-refractivity contribution in [1.82, 2.24) is 0 Å². The fourth-order valence-corrected chi connectivity index (χ4v) is 6.77. The minimum Gasteiger partial charge on any atom is -0.870 e. The van der Waals surface area contributed by atoms with Crippen molar-refractivity contribution in [2.75, 3.05) is 20.1 Å². The van der Waals surface area contributed by atoms with Crippen molar-refractivity contribution in [3.05, 3.63) is 23.2 Å². The van der Waals surface area contributed by atoms with Gasteiger partial charge in [0, 0.05) is 30.7 Å². The zero-order chi connectivity index (χ0) is 19.6. The van der Waals surface area contributed by atoms with Crippen LogP contribution < -0.4 is 9.84 Å². The molecule has 5 nitrogen and oxygen atoms in total. The summed E-state index contributed by atoms with van der Waals surface area (Å²) in [4.78, 5) is 12.9. The number of benzene rings is 1. The van der Waals surface area contributed by atoms with Crippen molar-refractivity contribution in [1.29, 1.82) is 0 Å². The smallest absolute Gasteiger partial charge is 0.174 e. The number of hydrogen-bond acceptors (Lipinski definition) is 4. The first-order valence-corrected chi connectivity index (χ1v) is 9.82. The number of likely N-dealkylation sites (tertiary alicyclic amines) is 1. The lowest BCUT2D eigenvalue weighted by Gasteiger charge is -2.64. The summed E-state index contributed by atoms with van der Waals surface area (Å²) in [6.45, 7) is 1.84. The highest BCUT2D eigenvalue weighted by atomic mass is 79.9. The van der Waals surface area contributed by atoms with Crippen molar-refractivity contribution < 1.29 is 27.0 Å². The number of likely N-dealkylation sites (N-methyl/N-ethyl adjacent to an activating group) is 1. The summed E-state index contributed by atoms with van der Waals surface area (Å²) in [5.74, 6) is 0.0725. The molecule has 3 fully saturated rings. The number of aliphatic hydroxyl groups is 1. The van der Waals surface area contributed by atoms with Crippen LogP contribution in [0.3, 0.4) is 0 Å². The van der Waals surface area contributed by atoms with Crippen LogP contribution in [0.25, 0.3) is 0 Å². The highest BCUT2D eigenvalue weighted by Crippen LogP contribution is 2.65. The van der Waals surface area contributed by atoms with Gasteiger partial charge >= 0.3 is 0 Å². The van der Waals surface area contributed by atoms with Gasteiger partial charge in [0.1, 0.15) is 17.4 Å². The quantitative estimate of drug-likeness (QED) is 0.713. The number of ether oxygens (including phenoxy) is 1. The van der Waals surface area contributed by atoms with Gasteiger partial charge < -0.3 is 19.4 Å². The first-order valence-electron chi connectivity index (χ1n) is 10.8. The number of carbonyl (C=O) groups excluding carboxylic acids is 1. The van der Waals surface area contributed by atoms with Gasteiger partial charge in [-0.1, -0.05) is 17.8 Å². The summed E-state index contributed by atoms with van der Waals surface area (Å²) < 4.78 is 23.3. The molecule has 3 aliphatic carbocycles. The second kappa shape index (κ2) is 5.28. The van der Waals surface area contributed by atoms with E-state index in [1.54, 1.807) is 0 Å². The molecule has 4 unspecified atom stereocenters. The minimum atomic E-state index is -1.12. The van der Waals surface area contributed by atoms with E-state index in [0.29, 0.717) is 36.3 Å². The predicted molar refractivity (Wildman–Crippen MR) is 102 cm³/mol. The Balaban J connectivity index is 0.00000181. The maximum atomic E-state index is 12.9. The summed E-state index contributed by atoms with van der Waals surface area (Å²) in [6.07, 6.45) is 3.30. The molecular formula is C21H26BrNO4. The second-order valence-electron chi connectivity index (χ2n) is 9.42. The van der Waals surface area contributed by atoms with Crippen LogP contribution in [-0.4, -0.2) is 53.3 Å². The maximum Gasteiger partial charge on any atom is 0.174 e. The van der Waals surface area contributed by atoms with Gasteiger partial charge in [0.25, 0.3) is 0 Å². The number of ketones is 1. The number of rotatable bonds is 2. The molecule has 27 heavy (non-hydrogen) atoms. The van der Waals surface area contributed by atoms with Crippen molar-refractivity contribution >= 4 is 22.8 Å². The van der Waals surface area contributed by atoms with Gasteiger partial charge in [0.2, 0.25) is 0 Å². The Morgan fingerprint density at radius 1 is 1.41 bits per heavy atom. The molecule has 0 amide bonds. The third-order valence-electron chi connectivity index (χ3n) is 8.10. The zero-order valence-corrected chi connectivity index (χ0v) is 17.1. The summed E-state index contributed by atoms with van der Waals surface area (Å²) >= 11 is 0. The van der Waals surface area contributed by atoms with E-state index >= 15 is 0 Å². The second-order valence-corrected chi connectivity index (χ2v) is 9.42. The number of Topliss-reactive ketones (excluding diaryl/α,β-unsaturated/α-hetero) is 1. The molecule has 6 rings (SSSR count). The normalized spacial score (nSPS) is 44.6. The zero-order valence-electron chi connectivity index (χ0n) is 17.4. The Bertz CT molecular complexity index is 953. The van der Waals surface area contributed by atoms with E-state index in [0.717, 1.165) is 17.6 Å². The average Bonchev–Trinajstić information content (AvgIpc) is 3.38. The van der Waals surface area contributed by atoms with Crippen LogP contribution in [0.15, 0.2) is 12.1 Å². The summed E-state index contributed by atoms with van der Waals surface area (Å²) in [6, 6.07) is -0.533. The molecule has 2 bridgehead atoms. The van der Waals surface area contributed by atoms with Gasteiger partial charge in [-0.25, -0.2) is 0 Å². The monoisotopic (exact) mass is 437 g/mol. The van der Waals surface area contributed by atoms with Crippen LogP contribution in [0.5, 0.6) is 11.5 Å². The standard InChI is InChI=1S/C21H25NO4.BrH/c1-22(11-12-2-3-12)9-8-20-17-13-4-5-14(23)18(17)26-19(20)15(24)6-7-21(20,25)16(22)10-13;/h4-5,12,16,19,25H,2-3,6-11H2,1H3;1H/t16?,19?,20?,21-,22?;/m0./s1/i4D,5D;. The number of quaternary nitrogens is 1. The Labute approximate surface area is 172 Å². The van der Waals surface area contributed by atoms with E-state index in [1.165, 1.54) is 12.8 Å². The summed E-state index contributed by atoms with van der Waals surface area (Å²) in [7, 11) is 2.20. The van der Waals surface area contributed by atoms with E-state index in [9.17, 15) is 15.0 Å². The maximum absolute atomic E-state index is 12.9. The molecule has 1 N–H and O–H groups in total. The SMILES string of the molecule is Br.[2H]c1c([2H])c2c3c(c1[O-])OC1C(=O)CC[C@]4(O)C(C2)[N+](C)(CC2CC2)CCC314. The number of nitrogens with zero attached hydrogens (tertiary/aromatic N) is 1. The van der Waals surface area contributed by atoms with Gasteiger partial charge in [0.05, 0.1) is 28.3 Å². The van der Waals surface area contributed by atoms with Gasteiger partial charge in [-0.2, -0.15) is 0 Å². The first kappa shape index (κ1) is 15.8. The van der Waals surface area contributed by atoms with Crippen LogP contribution in [-0.2, 0) is 16.6 Å². The Morgan fingerprint density at radius 2 is 2.19 bits per heavy atom. The third kappa shape index (κ3) is 1.94. The van der Waals surface area contributed by atoms with E-state index in [4.69, 9.17) is 7.48 Å². The highest BCUT2D eigenvalue weighted by Gasteiger charge is 2.76. The Kier molecular flexibility index (Phi) is 3.08. The van der Waals surface area contributed by atoms with Gasteiger partial charge in [-0.05, 0) is 24.8 Å². The highest BCUT2D eigenvalue weighted by molar-refractivity contribution is 8.93. The van der Waals surface area contributed by atoms with Crippen LogP contribution in [0.4, 0.5) is 0 Å². The molecule has 2 saturated carbocycles. The van der Waals surface area contributed by atoms with Gasteiger partial charge in [0.15, 0.2) is 11.9 Å². The molecule has 1 spiro atoms.